The molecule has 6 nitrogen and oxygen atoms in total. The van der Waals surface area contributed by atoms with Crippen LogP contribution in [0.15, 0.2) is 47.4 Å². The van der Waals surface area contributed by atoms with E-state index in [0.717, 1.165) is 11.3 Å². The van der Waals surface area contributed by atoms with E-state index in [4.69, 9.17) is 4.74 Å². The molecule has 7 heteroatoms. The number of hydrogen-bond donors (Lipinski definition) is 1. The number of anilines is 2. The monoisotopic (exact) mass is 360 g/mol. The standard InChI is InChI=1S/C18H20N2O4S/c1-3-24-15-6-8-16(9-7-15)25(22,23)19-14-5-10-17-13(12-14)4-11-18(21)20(17)2/h5-10,12,19H,3-4,11H2,1-2H3. The molecule has 0 radical (unpaired) electrons. The summed E-state index contributed by atoms with van der Waals surface area (Å²) in [6, 6.07) is 11.5. The molecular formula is C18H20N2O4S. The first-order valence-electron chi connectivity index (χ1n) is 8.06. The molecule has 0 aromatic heterocycles. The number of nitrogens with one attached hydrogen (secondary N) is 1. The van der Waals surface area contributed by atoms with Crippen LogP contribution in [0.2, 0.25) is 0 Å². The fourth-order valence-electron chi connectivity index (χ4n) is 2.82. The lowest BCUT2D eigenvalue weighted by Gasteiger charge is -2.26. The average Bonchev–Trinajstić information content (AvgIpc) is 2.59. The first-order valence-corrected chi connectivity index (χ1v) is 9.54. The van der Waals surface area contributed by atoms with Gasteiger partial charge < -0.3 is 9.64 Å². The zero-order valence-corrected chi connectivity index (χ0v) is 15.0. The van der Waals surface area contributed by atoms with E-state index in [-0.39, 0.29) is 10.8 Å². The number of rotatable bonds is 5. The number of carbonyl (C=O) groups excluding carboxylic acids is 1. The van der Waals surface area contributed by atoms with E-state index in [9.17, 15) is 13.2 Å². The van der Waals surface area contributed by atoms with Crippen molar-refractivity contribution in [2.24, 2.45) is 0 Å². The molecule has 3 rings (SSSR count). The molecule has 0 fully saturated rings. The smallest absolute Gasteiger partial charge is 0.261 e. The first-order chi connectivity index (χ1) is 11.9. The molecule has 0 atom stereocenters. The Morgan fingerprint density at radius 3 is 2.52 bits per heavy atom. The first kappa shape index (κ1) is 17.3. The highest BCUT2D eigenvalue weighted by Crippen LogP contribution is 2.30. The Morgan fingerprint density at radius 2 is 1.84 bits per heavy atom. The van der Waals surface area contributed by atoms with Crippen molar-refractivity contribution >= 4 is 27.3 Å². The molecule has 0 spiro atoms. The number of hydrogen-bond acceptors (Lipinski definition) is 4. The highest BCUT2D eigenvalue weighted by Gasteiger charge is 2.22. The Bertz CT molecular complexity index is 892. The molecule has 2 aromatic rings. The third-order valence-electron chi connectivity index (χ3n) is 4.12. The largest absolute Gasteiger partial charge is 0.494 e. The van der Waals surface area contributed by atoms with Gasteiger partial charge in [0.2, 0.25) is 5.91 Å². The number of carbonyl (C=O) groups is 1. The van der Waals surface area contributed by atoms with Crippen LogP contribution in [0.5, 0.6) is 5.75 Å². The highest BCUT2D eigenvalue weighted by atomic mass is 32.2. The van der Waals surface area contributed by atoms with Crippen molar-refractivity contribution in [3.05, 3.63) is 48.0 Å². The number of fused-ring (bicyclic) bond motifs is 1. The van der Waals surface area contributed by atoms with Gasteiger partial charge in [0.15, 0.2) is 0 Å². The number of amides is 1. The molecule has 132 valence electrons. The third kappa shape index (κ3) is 3.61. The van der Waals surface area contributed by atoms with E-state index in [2.05, 4.69) is 4.72 Å². The highest BCUT2D eigenvalue weighted by molar-refractivity contribution is 7.92. The summed E-state index contributed by atoms with van der Waals surface area (Å²) in [6.07, 6.45) is 1.04. The molecule has 0 aliphatic carbocycles. The maximum absolute atomic E-state index is 12.5. The van der Waals surface area contributed by atoms with Gasteiger partial charge in [-0.25, -0.2) is 8.42 Å². The number of nitrogens with zero attached hydrogens (tertiary/aromatic N) is 1. The lowest BCUT2D eigenvalue weighted by atomic mass is 10.0. The van der Waals surface area contributed by atoms with Gasteiger partial charge in [-0.15, -0.1) is 0 Å². The van der Waals surface area contributed by atoms with Crippen LogP contribution in [0.1, 0.15) is 18.9 Å². The lowest BCUT2D eigenvalue weighted by molar-refractivity contribution is -0.118. The molecule has 0 saturated carbocycles. The molecular weight excluding hydrogens is 340 g/mol. The lowest BCUT2D eigenvalue weighted by Crippen LogP contribution is -2.31. The van der Waals surface area contributed by atoms with Crippen molar-refractivity contribution in [3.63, 3.8) is 0 Å². The van der Waals surface area contributed by atoms with Gasteiger partial charge in [-0.2, -0.15) is 0 Å². The summed E-state index contributed by atoms with van der Waals surface area (Å²) in [4.78, 5) is 13.5. The molecule has 1 heterocycles. The maximum atomic E-state index is 12.5. The van der Waals surface area contributed by atoms with E-state index < -0.39 is 10.0 Å². The Hall–Kier alpha value is -2.54. The van der Waals surface area contributed by atoms with Crippen LogP contribution in [-0.2, 0) is 21.2 Å². The molecule has 0 saturated heterocycles. The summed E-state index contributed by atoms with van der Waals surface area (Å²) in [6.45, 7) is 2.39. The van der Waals surface area contributed by atoms with Gasteiger partial charge in [-0.1, -0.05) is 0 Å². The summed E-state index contributed by atoms with van der Waals surface area (Å²) in [5.74, 6) is 0.693. The molecule has 0 unspecified atom stereocenters. The van der Waals surface area contributed by atoms with Crippen LogP contribution < -0.4 is 14.4 Å². The van der Waals surface area contributed by atoms with E-state index in [1.165, 1.54) is 12.1 Å². The molecule has 1 N–H and O–H groups in total. The van der Waals surface area contributed by atoms with Crippen molar-refractivity contribution in [2.45, 2.75) is 24.7 Å². The second-order valence-corrected chi connectivity index (χ2v) is 7.49. The minimum atomic E-state index is -3.68. The predicted octanol–water partition coefficient (Wildman–Crippen LogP) is 2.80. The summed E-state index contributed by atoms with van der Waals surface area (Å²) >= 11 is 0. The number of aryl methyl sites for hydroxylation is 1. The topological polar surface area (TPSA) is 75.7 Å². The molecule has 2 aromatic carbocycles. The van der Waals surface area contributed by atoms with Gasteiger partial charge in [0, 0.05) is 24.8 Å². The fourth-order valence-corrected chi connectivity index (χ4v) is 3.87. The SMILES string of the molecule is CCOc1ccc(S(=O)(=O)Nc2ccc3c(c2)CCC(=O)N3C)cc1. The minimum absolute atomic E-state index is 0.0650. The zero-order chi connectivity index (χ0) is 18.0. The normalized spacial score (nSPS) is 14.2. The van der Waals surface area contributed by atoms with Crippen molar-refractivity contribution in [3.8, 4) is 5.75 Å². The van der Waals surface area contributed by atoms with Crippen LogP contribution in [0, 0.1) is 0 Å². The molecule has 1 aliphatic rings. The second-order valence-electron chi connectivity index (χ2n) is 5.81. The summed E-state index contributed by atoms with van der Waals surface area (Å²) in [5, 5.41) is 0. The Morgan fingerprint density at radius 1 is 1.12 bits per heavy atom. The van der Waals surface area contributed by atoms with Gasteiger partial charge in [0.25, 0.3) is 10.0 Å². The van der Waals surface area contributed by atoms with E-state index >= 15 is 0 Å². The van der Waals surface area contributed by atoms with E-state index in [1.807, 2.05) is 6.92 Å². The molecule has 1 aliphatic heterocycles. The van der Waals surface area contributed by atoms with Crippen LogP contribution in [0.3, 0.4) is 0 Å². The van der Waals surface area contributed by atoms with Crippen molar-refractivity contribution in [1.29, 1.82) is 0 Å². The van der Waals surface area contributed by atoms with Crippen molar-refractivity contribution < 1.29 is 17.9 Å². The number of ether oxygens (including phenoxy) is 1. The van der Waals surface area contributed by atoms with Gasteiger partial charge in [-0.3, -0.25) is 9.52 Å². The quantitative estimate of drug-likeness (QED) is 0.890. The van der Waals surface area contributed by atoms with Crippen LogP contribution >= 0.6 is 0 Å². The maximum Gasteiger partial charge on any atom is 0.261 e. The number of sulfonamides is 1. The van der Waals surface area contributed by atoms with Crippen molar-refractivity contribution in [1.82, 2.24) is 0 Å². The van der Waals surface area contributed by atoms with Gasteiger partial charge >= 0.3 is 0 Å². The number of benzene rings is 2. The van der Waals surface area contributed by atoms with Crippen molar-refractivity contribution in [2.75, 3.05) is 23.3 Å². The van der Waals surface area contributed by atoms with Crippen LogP contribution in [0.4, 0.5) is 11.4 Å². The Balaban J connectivity index is 1.82. The third-order valence-corrected chi connectivity index (χ3v) is 5.52. The van der Waals surface area contributed by atoms with Crippen LogP contribution in [0.25, 0.3) is 0 Å². The summed E-state index contributed by atoms with van der Waals surface area (Å²) in [5.41, 5.74) is 2.25. The minimum Gasteiger partial charge on any atom is -0.494 e. The van der Waals surface area contributed by atoms with Gasteiger partial charge in [0.05, 0.1) is 11.5 Å². The molecule has 1 amide bonds. The van der Waals surface area contributed by atoms with E-state index in [0.29, 0.717) is 30.9 Å². The predicted molar refractivity (Wildman–Crippen MR) is 96.6 cm³/mol. The summed E-state index contributed by atoms with van der Waals surface area (Å²) < 4.78 is 33.0. The Labute approximate surface area is 147 Å². The van der Waals surface area contributed by atoms with Gasteiger partial charge in [0.1, 0.15) is 5.75 Å². The molecule has 0 bridgehead atoms. The average molecular weight is 360 g/mol. The second kappa shape index (κ2) is 6.76. The Kier molecular flexibility index (Phi) is 4.67. The van der Waals surface area contributed by atoms with Crippen LogP contribution in [-0.4, -0.2) is 28.0 Å². The molecule has 25 heavy (non-hydrogen) atoms. The zero-order valence-electron chi connectivity index (χ0n) is 14.2. The summed E-state index contributed by atoms with van der Waals surface area (Å²) in [7, 11) is -1.96. The van der Waals surface area contributed by atoms with Gasteiger partial charge in [-0.05, 0) is 61.4 Å². The fraction of sp³-hybridized carbons (Fsp3) is 0.278. The van der Waals surface area contributed by atoms with E-state index in [1.54, 1.807) is 42.3 Å².